The number of hydrogen-bond acceptors (Lipinski definition) is 0. The van der Waals surface area contributed by atoms with Gasteiger partial charge in [0.05, 0.1) is 5.38 Å². The molecular weight excluding hydrogens is 264 g/mol. The summed E-state index contributed by atoms with van der Waals surface area (Å²) in [4.78, 5) is 0. The van der Waals surface area contributed by atoms with Crippen LogP contribution in [0.5, 0.6) is 0 Å². The highest BCUT2D eigenvalue weighted by molar-refractivity contribution is 6.21. The molecule has 0 amide bonds. The van der Waals surface area contributed by atoms with Crippen molar-refractivity contribution in [3.05, 3.63) is 71.3 Å². The largest absolute Gasteiger partial charge is 0.118 e. The van der Waals surface area contributed by atoms with Gasteiger partial charge in [-0.1, -0.05) is 67.4 Å². The first-order chi connectivity index (χ1) is 9.83. The molecule has 0 nitrogen and oxygen atoms in total. The molecule has 0 aliphatic heterocycles. The molecule has 3 rings (SSSR count). The Morgan fingerprint density at radius 2 is 1.45 bits per heavy atom. The van der Waals surface area contributed by atoms with E-state index in [4.69, 9.17) is 11.6 Å². The Kier molecular flexibility index (Phi) is 4.42. The van der Waals surface area contributed by atoms with Crippen LogP contribution in [0.25, 0.3) is 0 Å². The normalized spacial score (nSPS) is 17.2. The average Bonchev–Trinajstić information content (AvgIpc) is 3.03. The smallest absolute Gasteiger partial charge is 0.0613 e. The van der Waals surface area contributed by atoms with Gasteiger partial charge in [-0.05, 0) is 41.9 Å². The number of rotatable bonds is 4. The van der Waals surface area contributed by atoms with E-state index in [1.807, 2.05) is 0 Å². The molecule has 0 spiro atoms. The van der Waals surface area contributed by atoms with Crippen LogP contribution in [0.2, 0.25) is 0 Å². The van der Waals surface area contributed by atoms with Crippen LogP contribution in [0.4, 0.5) is 0 Å². The van der Waals surface area contributed by atoms with Gasteiger partial charge in [-0.2, -0.15) is 0 Å². The zero-order valence-corrected chi connectivity index (χ0v) is 12.5. The van der Waals surface area contributed by atoms with E-state index in [-0.39, 0.29) is 5.38 Å². The number of halogens is 1. The molecule has 0 saturated heterocycles. The maximum Gasteiger partial charge on any atom is 0.0613 e. The third-order valence-corrected chi connectivity index (χ3v) is 4.97. The quantitative estimate of drug-likeness (QED) is 0.627. The molecule has 0 radical (unpaired) electrons. The summed E-state index contributed by atoms with van der Waals surface area (Å²) >= 11 is 6.63. The Morgan fingerprint density at radius 1 is 0.850 bits per heavy atom. The SMILES string of the molecule is ClC(c1ccc(Cc2ccccc2)cc1)C1CCCC1. The molecule has 20 heavy (non-hydrogen) atoms. The lowest BCUT2D eigenvalue weighted by Gasteiger charge is -2.17. The van der Waals surface area contributed by atoms with Crippen molar-refractivity contribution in [3.8, 4) is 0 Å². The molecular formula is C19H21Cl. The first-order valence-electron chi connectivity index (χ1n) is 7.60. The molecule has 104 valence electrons. The highest BCUT2D eigenvalue weighted by atomic mass is 35.5. The fraction of sp³-hybridized carbons (Fsp3) is 0.368. The molecule has 0 bridgehead atoms. The molecule has 1 fully saturated rings. The summed E-state index contributed by atoms with van der Waals surface area (Å²) in [5.41, 5.74) is 4.00. The number of alkyl halides is 1. The minimum absolute atomic E-state index is 0.197. The maximum atomic E-state index is 6.63. The van der Waals surface area contributed by atoms with Crippen molar-refractivity contribution in [2.75, 3.05) is 0 Å². The monoisotopic (exact) mass is 284 g/mol. The molecule has 0 N–H and O–H groups in total. The van der Waals surface area contributed by atoms with E-state index in [1.54, 1.807) is 0 Å². The third-order valence-electron chi connectivity index (χ3n) is 4.36. The highest BCUT2D eigenvalue weighted by Gasteiger charge is 2.24. The summed E-state index contributed by atoms with van der Waals surface area (Å²) in [6, 6.07) is 19.5. The molecule has 1 heteroatoms. The molecule has 2 aromatic rings. The Labute approximate surface area is 126 Å². The van der Waals surface area contributed by atoms with Crippen molar-refractivity contribution in [1.29, 1.82) is 0 Å². The van der Waals surface area contributed by atoms with Crippen molar-refractivity contribution in [1.82, 2.24) is 0 Å². The van der Waals surface area contributed by atoms with Crippen molar-refractivity contribution >= 4 is 11.6 Å². The molecule has 1 saturated carbocycles. The Balaban J connectivity index is 1.68. The second-order valence-electron chi connectivity index (χ2n) is 5.85. The van der Waals surface area contributed by atoms with Gasteiger partial charge in [0.15, 0.2) is 0 Å². The van der Waals surface area contributed by atoms with Crippen LogP contribution in [-0.2, 0) is 6.42 Å². The van der Waals surface area contributed by atoms with E-state index in [9.17, 15) is 0 Å². The van der Waals surface area contributed by atoms with Gasteiger partial charge in [-0.15, -0.1) is 11.6 Å². The van der Waals surface area contributed by atoms with E-state index in [0.29, 0.717) is 5.92 Å². The lowest BCUT2D eigenvalue weighted by molar-refractivity contribution is 0.529. The highest BCUT2D eigenvalue weighted by Crippen LogP contribution is 2.39. The summed E-state index contributed by atoms with van der Waals surface area (Å²) in [5, 5.41) is 0.197. The predicted octanol–water partition coefficient (Wildman–Crippen LogP) is 5.75. The Bertz CT molecular complexity index is 523. The summed E-state index contributed by atoms with van der Waals surface area (Å²) in [5.74, 6) is 0.677. The molecule has 0 aromatic heterocycles. The first kappa shape index (κ1) is 13.7. The maximum absolute atomic E-state index is 6.63. The second kappa shape index (κ2) is 6.45. The lowest BCUT2D eigenvalue weighted by Crippen LogP contribution is -2.03. The van der Waals surface area contributed by atoms with Gasteiger partial charge < -0.3 is 0 Å². The van der Waals surface area contributed by atoms with E-state index in [2.05, 4.69) is 54.6 Å². The molecule has 1 unspecified atom stereocenters. The second-order valence-corrected chi connectivity index (χ2v) is 6.32. The van der Waals surface area contributed by atoms with Crippen molar-refractivity contribution < 1.29 is 0 Å². The van der Waals surface area contributed by atoms with Gasteiger partial charge in [0, 0.05) is 0 Å². The van der Waals surface area contributed by atoms with E-state index < -0.39 is 0 Å². The van der Waals surface area contributed by atoms with Crippen molar-refractivity contribution in [2.45, 2.75) is 37.5 Å². The van der Waals surface area contributed by atoms with Crippen LogP contribution in [0.1, 0.15) is 47.8 Å². The molecule has 2 aromatic carbocycles. The van der Waals surface area contributed by atoms with Crippen LogP contribution >= 0.6 is 11.6 Å². The zero-order chi connectivity index (χ0) is 13.8. The van der Waals surface area contributed by atoms with Crippen LogP contribution in [0.3, 0.4) is 0 Å². The van der Waals surface area contributed by atoms with Gasteiger partial charge in [0.25, 0.3) is 0 Å². The number of hydrogen-bond donors (Lipinski definition) is 0. The summed E-state index contributed by atoms with van der Waals surface area (Å²) in [7, 11) is 0. The van der Waals surface area contributed by atoms with Gasteiger partial charge in [-0.25, -0.2) is 0 Å². The minimum atomic E-state index is 0.197. The average molecular weight is 285 g/mol. The van der Waals surface area contributed by atoms with E-state index in [0.717, 1.165) is 6.42 Å². The summed E-state index contributed by atoms with van der Waals surface area (Å²) < 4.78 is 0. The van der Waals surface area contributed by atoms with Gasteiger partial charge in [-0.3, -0.25) is 0 Å². The lowest BCUT2D eigenvalue weighted by atomic mass is 9.95. The zero-order valence-electron chi connectivity index (χ0n) is 11.8. The van der Waals surface area contributed by atoms with Crippen LogP contribution in [-0.4, -0.2) is 0 Å². The van der Waals surface area contributed by atoms with Crippen molar-refractivity contribution in [3.63, 3.8) is 0 Å². The van der Waals surface area contributed by atoms with Gasteiger partial charge in [0.1, 0.15) is 0 Å². The first-order valence-corrected chi connectivity index (χ1v) is 8.03. The van der Waals surface area contributed by atoms with Crippen molar-refractivity contribution in [2.24, 2.45) is 5.92 Å². The fourth-order valence-electron chi connectivity index (χ4n) is 3.17. The van der Waals surface area contributed by atoms with Crippen LogP contribution in [0.15, 0.2) is 54.6 Å². The molecule has 1 atom stereocenters. The summed E-state index contributed by atoms with van der Waals surface area (Å²) in [6.45, 7) is 0. The summed E-state index contributed by atoms with van der Waals surface area (Å²) in [6.07, 6.45) is 6.28. The van der Waals surface area contributed by atoms with E-state index in [1.165, 1.54) is 42.4 Å². The van der Waals surface area contributed by atoms with Gasteiger partial charge in [0.2, 0.25) is 0 Å². The van der Waals surface area contributed by atoms with Gasteiger partial charge >= 0.3 is 0 Å². The molecule has 1 aliphatic carbocycles. The third kappa shape index (κ3) is 3.24. The Hall–Kier alpha value is -1.27. The van der Waals surface area contributed by atoms with Crippen LogP contribution < -0.4 is 0 Å². The topological polar surface area (TPSA) is 0 Å². The molecule has 0 heterocycles. The minimum Gasteiger partial charge on any atom is -0.118 e. The van der Waals surface area contributed by atoms with E-state index >= 15 is 0 Å². The molecule has 1 aliphatic rings. The fourth-order valence-corrected chi connectivity index (χ4v) is 3.57. The number of benzene rings is 2. The Morgan fingerprint density at radius 3 is 2.10 bits per heavy atom. The predicted molar refractivity (Wildman–Crippen MR) is 86.2 cm³/mol. The van der Waals surface area contributed by atoms with Crippen LogP contribution in [0, 0.1) is 5.92 Å². The standard InChI is InChI=1S/C19H21Cl/c20-19(17-8-4-5-9-17)18-12-10-16(11-13-18)14-15-6-2-1-3-7-15/h1-3,6-7,10-13,17,19H,4-5,8-9,14H2.